The minimum atomic E-state index is -0.772. The van der Waals surface area contributed by atoms with Crippen LogP contribution in [0.15, 0.2) is 47.4 Å². The highest BCUT2D eigenvalue weighted by atomic mass is 35.5. The highest BCUT2D eigenvalue weighted by Gasteiger charge is 2.20. The fourth-order valence-electron chi connectivity index (χ4n) is 3.40. The zero-order valence-electron chi connectivity index (χ0n) is 19.4. The number of fused-ring (bicyclic) bond motifs is 1. The molecule has 0 unspecified atom stereocenters. The smallest absolute Gasteiger partial charge is 0.407 e. The summed E-state index contributed by atoms with van der Waals surface area (Å²) in [4.78, 5) is 37.7. The van der Waals surface area contributed by atoms with E-state index in [1.54, 1.807) is 52.0 Å². The number of esters is 1. The molecule has 0 aliphatic rings. The third-order valence-electron chi connectivity index (χ3n) is 4.85. The van der Waals surface area contributed by atoms with Crippen molar-refractivity contribution in [3.05, 3.63) is 86.0 Å². The van der Waals surface area contributed by atoms with E-state index in [4.69, 9.17) is 21.1 Å². The van der Waals surface area contributed by atoms with Crippen LogP contribution >= 0.6 is 11.6 Å². The molecule has 0 aliphatic carbocycles. The van der Waals surface area contributed by atoms with Crippen LogP contribution in [0.5, 0.6) is 0 Å². The molecule has 0 bridgehead atoms. The molecule has 34 heavy (non-hydrogen) atoms. The van der Waals surface area contributed by atoms with Crippen molar-refractivity contribution in [2.75, 3.05) is 6.61 Å². The summed E-state index contributed by atoms with van der Waals surface area (Å²) in [7, 11) is 0. The number of aromatic nitrogens is 1. The zero-order valence-corrected chi connectivity index (χ0v) is 20.2. The van der Waals surface area contributed by atoms with Crippen LogP contribution in [-0.2, 0) is 22.4 Å². The molecule has 3 rings (SSSR count). The molecule has 9 heteroatoms. The van der Waals surface area contributed by atoms with Gasteiger partial charge in [0, 0.05) is 19.2 Å². The average molecular weight is 489 g/mol. The first-order valence-corrected chi connectivity index (χ1v) is 11.1. The number of carbonyl (C=O) groups excluding carboxylic acids is 2. The fourth-order valence-corrected chi connectivity index (χ4v) is 3.60. The third-order valence-corrected chi connectivity index (χ3v) is 5.14. The summed E-state index contributed by atoms with van der Waals surface area (Å²) in [5.74, 6) is -1.30. The van der Waals surface area contributed by atoms with Crippen molar-refractivity contribution in [1.82, 2.24) is 9.72 Å². The number of pyridine rings is 2. The summed E-state index contributed by atoms with van der Waals surface area (Å²) in [6, 6.07) is 9.55. The standard InChI is InChI=1S/C25H26ClFN2O5/c1-5-33-23(31)18-12-17(13-28-24(32)34-25(2,3)4)20-10-9-15(14-29(20)22(18)30)11-16-7-6-8-19(26)21(16)27/h6-10,12,14H,5,11,13H2,1-4H3,(H,28,32). The molecule has 1 aromatic carbocycles. The second kappa shape index (κ2) is 10.3. The van der Waals surface area contributed by atoms with Gasteiger partial charge in [-0.25, -0.2) is 14.0 Å². The first-order valence-electron chi connectivity index (χ1n) is 10.7. The molecule has 0 fully saturated rings. The zero-order chi connectivity index (χ0) is 25.0. The Morgan fingerprint density at radius 3 is 2.56 bits per heavy atom. The molecule has 2 heterocycles. The summed E-state index contributed by atoms with van der Waals surface area (Å²) in [5.41, 5.74) is 0.546. The number of nitrogens with zero attached hydrogens (tertiary/aromatic N) is 1. The molecule has 2 aromatic heterocycles. The lowest BCUT2D eigenvalue weighted by Gasteiger charge is -2.20. The van der Waals surface area contributed by atoms with Gasteiger partial charge in [-0.2, -0.15) is 0 Å². The summed E-state index contributed by atoms with van der Waals surface area (Å²) < 4.78 is 26.0. The van der Waals surface area contributed by atoms with Crippen molar-refractivity contribution in [2.24, 2.45) is 0 Å². The van der Waals surface area contributed by atoms with Gasteiger partial charge in [-0.05, 0) is 62.6 Å². The van der Waals surface area contributed by atoms with E-state index < -0.39 is 29.0 Å². The van der Waals surface area contributed by atoms with Crippen molar-refractivity contribution >= 4 is 29.2 Å². The van der Waals surface area contributed by atoms with Gasteiger partial charge in [0.05, 0.1) is 17.1 Å². The number of nitrogens with one attached hydrogen (secondary N) is 1. The Labute approximate surface area is 201 Å². The van der Waals surface area contributed by atoms with Gasteiger partial charge in [0.25, 0.3) is 5.56 Å². The molecule has 180 valence electrons. The fraction of sp³-hybridized carbons (Fsp3) is 0.320. The molecule has 0 radical (unpaired) electrons. The summed E-state index contributed by atoms with van der Waals surface area (Å²) in [5, 5.41) is 2.65. The lowest BCUT2D eigenvalue weighted by molar-refractivity contribution is 0.0516. The SMILES string of the molecule is CCOC(=O)c1cc(CNC(=O)OC(C)(C)C)c2ccc(Cc3cccc(Cl)c3F)cn2c1=O. The van der Waals surface area contributed by atoms with Crippen molar-refractivity contribution in [1.29, 1.82) is 0 Å². The van der Waals surface area contributed by atoms with Crippen LogP contribution in [-0.4, -0.2) is 28.7 Å². The predicted molar refractivity (Wildman–Crippen MR) is 127 cm³/mol. The minimum Gasteiger partial charge on any atom is -0.462 e. The molecule has 0 saturated carbocycles. The number of ether oxygens (including phenoxy) is 2. The topological polar surface area (TPSA) is 86.1 Å². The van der Waals surface area contributed by atoms with Crippen LogP contribution < -0.4 is 10.9 Å². The molecular weight excluding hydrogens is 463 g/mol. The Hall–Kier alpha value is -3.39. The molecule has 0 aliphatic heterocycles. The van der Waals surface area contributed by atoms with Crippen LogP contribution in [0.25, 0.3) is 5.52 Å². The number of halogens is 2. The van der Waals surface area contributed by atoms with E-state index in [1.807, 2.05) is 0 Å². The maximum absolute atomic E-state index is 14.4. The molecule has 0 saturated heterocycles. The van der Waals surface area contributed by atoms with Crippen LogP contribution in [0.1, 0.15) is 54.7 Å². The van der Waals surface area contributed by atoms with E-state index in [-0.39, 0.29) is 30.2 Å². The van der Waals surface area contributed by atoms with Crippen molar-refractivity contribution in [2.45, 2.75) is 46.3 Å². The van der Waals surface area contributed by atoms with E-state index in [0.717, 1.165) is 0 Å². The van der Waals surface area contributed by atoms with Gasteiger partial charge in [-0.15, -0.1) is 0 Å². The Morgan fingerprint density at radius 2 is 1.88 bits per heavy atom. The second-order valence-corrected chi connectivity index (χ2v) is 9.05. The number of benzene rings is 1. The average Bonchev–Trinajstić information content (AvgIpc) is 2.75. The van der Waals surface area contributed by atoms with E-state index in [0.29, 0.717) is 22.2 Å². The maximum atomic E-state index is 14.4. The Balaban J connectivity index is 2.04. The first kappa shape index (κ1) is 25.2. The van der Waals surface area contributed by atoms with Gasteiger partial charge in [-0.3, -0.25) is 9.20 Å². The maximum Gasteiger partial charge on any atom is 0.407 e. The predicted octanol–water partition coefficient (Wildman–Crippen LogP) is 4.88. The highest BCUT2D eigenvalue weighted by molar-refractivity contribution is 6.30. The number of alkyl carbamates (subject to hydrolysis) is 1. The summed E-state index contributed by atoms with van der Waals surface area (Å²) in [6.45, 7) is 6.97. The summed E-state index contributed by atoms with van der Waals surface area (Å²) >= 11 is 5.88. The first-order chi connectivity index (χ1) is 16.0. The molecule has 3 aromatic rings. The normalized spacial score (nSPS) is 11.4. The Morgan fingerprint density at radius 1 is 1.15 bits per heavy atom. The Bertz CT molecular complexity index is 1300. The number of carbonyl (C=O) groups is 2. The van der Waals surface area contributed by atoms with E-state index in [2.05, 4.69) is 5.32 Å². The number of amides is 1. The lowest BCUT2D eigenvalue weighted by atomic mass is 10.0. The van der Waals surface area contributed by atoms with Crippen LogP contribution in [0.3, 0.4) is 0 Å². The second-order valence-electron chi connectivity index (χ2n) is 8.65. The molecule has 0 atom stereocenters. The van der Waals surface area contributed by atoms with E-state index in [9.17, 15) is 18.8 Å². The van der Waals surface area contributed by atoms with Crippen LogP contribution in [0.4, 0.5) is 9.18 Å². The van der Waals surface area contributed by atoms with Crippen molar-refractivity contribution in [3.8, 4) is 0 Å². The van der Waals surface area contributed by atoms with Crippen molar-refractivity contribution in [3.63, 3.8) is 0 Å². The molecule has 7 nitrogen and oxygen atoms in total. The largest absolute Gasteiger partial charge is 0.462 e. The number of rotatable bonds is 6. The number of hydrogen-bond acceptors (Lipinski definition) is 5. The van der Waals surface area contributed by atoms with Gasteiger partial charge in [0.15, 0.2) is 0 Å². The van der Waals surface area contributed by atoms with Gasteiger partial charge in [0.2, 0.25) is 0 Å². The quantitative estimate of drug-likeness (QED) is 0.499. The van der Waals surface area contributed by atoms with Crippen LogP contribution in [0.2, 0.25) is 5.02 Å². The van der Waals surface area contributed by atoms with E-state index in [1.165, 1.54) is 22.7 Å². The molecule has 1 amide bonds. The number of hydrogen-bond donors (Lipinski definition) is 1. The highest BCUT2D eigenvalue weighted by Crippen LogP contribution is 2.21. The molecular formula is C25H26ClFN2O5. The Kier molecular flexibility index (Phi) is 7.61. The van der Waals surface area contributed by atoms with Crippen molar-refractivity contribution < 1.29 is 23.5 Å². The summed E-state index contributed by atoms with van der Waals surface area (Å²) in [6.07, 6.45) is 1.09. The lowest BCUT2D eigenvalue weighted by Crippen LogP contribution is -2.33. The van der Waals surface area contributed by atoms with Gasteiger partial charge < -0.3 is 14.8 Å². The van der Waals surface area contributed by atoms with Gasteiger partial charge >= 0.3 is 12.1 Å². The van der Waals surface area contributed by atoms with Gasteiger partial charge in [-0.1, -0.05) is 29.8 Å². The molecule has 1 N–H and O–H groups in total. The van der Waals surface area contributed by atoms with Crippen LogP contribution in [0, 0.1) is 5.82 Å². The molecule has 0 spiro atoms. The third kappa shape index (κ3) is 5.94. The van der Waals surface area contributed by atoms with Gasteiger partial charge in [0.1, 0.15) is 17.0 Å². The monoisotopic (exact) mass is 488 g/mol. The van der Waals surface area contributed by atoms with E-state index >= 15 is 0 Å². The minimum absolute atomic E-state index is 0.00731.